The van der Waals surface area contributed by atoms with Gasteiger partial charge in [0.05, 0.1) is 17.6 Å². The minimum Gasteiger partial charge on any atom is -0.496 e. The van der Waals surface area contributed by atoms with E-state index in [1.807, 2.05) is 0 Å². The molecule has 1 amide bonds. The number of benzene rings is 1. The largest absolute Gasteiger partial charge is 0.496 e. The van der Waals surface area contributed by atoms with E-state index in [9.17, 15) is 13.2 Å². The third-order valence-electron chi connectivity index (χ3n) is 3.26. The lowest BCUT2D eigenvalue weighted by molar-refractivity contribution is 0.0997. The van der Waals surface area contributed by atoms with Gasteiger partial charge in [0.25, 0.3) is 5.91 Å². The summed E-state index contributed by atoms with van der Waals surface area (Å²) in [6.45, 7) is 0.509. The molecule has 1 aliphatic rings. The summed E-state index contributed by atoms with van der Waals surface area (Å²) >= 11 is 0. The fourth-order valence-electron chi connectivity index (χ4n) is 2.02. The van der Waals surface area contributed by atoms with Crippen molar-refractivity contribution in [2.75, 3.05) is 26.8 Å². The van der Waals surface area contributed by atoms with Gasteiger partial charge in [-0.3, -0.25) is 4.79 Å². The highest BCUT2D eigenvalue weighted by Gasteiger charge is 2.36. The van der Waals surface area contributed by atoms with Crippen molar-refractivity contribution >= 4 is 15.9 Å². The minimum absolute atomic E-state index is 0.0107. The molecule has 0 aliphatic carbocycles. The Labute approximate surface area is 117 Å². The number of hydrogen-bond acceptors (Lipinski definition) is 5. The Hall–Kier alpha value is -1.64. The van der Waals surface area contributed by atoms with Crippen molar-refractivity contribution in [2.45, 2.75) is 4.90 Å². The number of amides is 1. The standard InChI is InChI=1S/C12H16N2O5S/c1-19-11-3-2-9(4-10(11)12(13)16)20(17,18)14-5-8(6-14)7-15/h2-4,8,15H,5-7H2,1H3,(H2,13,16). The molecule has 0 unspecified atom stereocenters. The van der Waals surface area contributed by atoms with Gasteiger partial charge in [-0.25, -0.2) is 8.42 Å². The normalized spacial score (nSPS) is 16.7. The first kappa shape index (κ1) is 14.8. The van der Waals surface area contributed by atoms with Gasteiger partial charge < -0.3 is 15.6 Å². The maximum Gasteiger partial charge on any atom is 0.252 e. The number of ether oxygens (including phenoxy) is 1. The third kappa shape index (κ3) is 2.49. The number of primary amides is 1. The number of carbonyl (C=O) groups excluding carboxylic acids is 1. The molecule has 1 aromatic carbocycles. The Balaban J connectivity index is 2.33. The molecule has 0 aromatic heterocycles. The molecule has 1 heterocycles. The molecule has 0 bridgehead atoms. The second-order valence-electron chi connectivity index (χ2n) is 4.60. The van der Waals surface area contributed by atoms with E-state index in [2.05, 4.69) is 0 Å². The Morgan fingerprint density at radius 3 is 2.65 bits per heavy atom. The Kier molecular flexibility index (Phi) is 3.98. The van der Waals surface area contributed by atoms with Crippen LogP contribution in [0.15, 0.2) is 23.1 Å². The molecule has 1 saturated heterocycles. The van der Waals surface area contributed by atoms with E-state index in [4.69, 9.17) is 15.6 Å². The zero-order valence-electron chi connectivity index (χ0n) is 10.9. The molecule has 3 N–H and O–H groups in total. The predicted molar refractivity (Wildman–Crippen MR) is 70.8 cm³/mol. The summed E-state index contributed by atoms with van der Waals surface area (Å²) in [7, 11) is -2.30. The van der Waals surface area contributed by atoms with Gasteiger partial charge in [0.2, 0.25) is 10.0 Å². The smallest absolute Gasteiger partial charge is 0.252 e. The lowest BCUT2D eigenvalue weighted by Gasteiger charge is -2.36. The van der Waals surface area contributed by atoms with Crippen molar-refractivity contribution in [3.8, 4) is 5.75 Å². The molecule has 0 radical (unpaired) electrons. The van der Waals surface area contributed by atoms with Crippen LogP contribution >= 0.6 is 0 Å². The molecule has 110 valence electrons. The summed E-state index contributed by atoms with van der Waals surface area (Å²) in [5.74, 6) is -0.553. The highest BCUT2D eigenvalue weighted by molar-refractivity contribution is 7.89. The molecule has 0 atom stereocenters. The second kappa shape index (κ2) is 5.39. The molecule has 0 spiro atoms. The van der Waals surface area contributed by atoms with Gasteiger partial charge in [0.15, 0.2) is 0 Å². The number of carbonyl (C=O) groups is 1. The summed E-state index contributed by atoms with van der Waals surface area (Å²) in [5, 5.41) is 8.93. The first-order valence-corrected chi connectivity index (χ1v) is 7.43. The second-order valence-corrected chi connectivity index (χ2v) is 6.53. The van der Waals surface area contributed by atoms with Crippen molar-refractivity contribution in [2.24, 2.45) is 11.7 Å². The van der Waals surface area contributed by atoms with E-state index in [-0.39, 0.29) is 41.8 Å². The molecule has 1 aromatic rings. The monoisotopic (exact) mass is 300 g/mol. The van der Waals surface area contributed by atoms with E-state index in [0.717, 1.165) is 0 Å². The number of aliphatic hydroxyl groups excluding tert-OH is 1. The zero-order chi connectivity index (χ0) is 14.9. The average Bonchev–Trinajstić information content (AvgIpc) is 2.36. The van der Waals surface area contributed by atoms with Crippen LogP contribution in [-0.4, -0.2) is 50.5 Å². The summed E-state index contributed by atoms with van der Waals surface area (Å²) in [6.07, 6.45) is 0. The first-order valence-electron chi connectivity index (χ1n) is 5.99. The van der Waals surface area contributed by atoms with Crippen molar-refractivity contribution < 1.29 is 23.1 Å². The molecular formula is C12H16N2O5S. The molecule has 1 fully saturated rings. The predicted octanol–water partition coefficient (Wildman–Crippen LogP) is -0.593. The van der Waals surface area contributed by atoms with Crippen LogP contribution in [0, 0.1) is 5.92 Å². The summed E-state index contributed by atoms with van der Waals surface area (Å²) < 4.78 is 30.8. The highest BCUT2D eigenvalue weighted by Crippen LogP contribution is 2.28. The van der Waals surface area contributed by atoms with Gasteiger partial charge in [-0.1, -0.05) is 0 Å². The Bertz CT molecular complexity index is 623. The van der Waals surface area contributed by atoms with Gasteiger partial charge in [-0.15, -0.1) is 0 Å². The maximum absolute atomic E-state index is 12.3. The van der Waals surface area contributed by atoms with Crippen molar-refractivity contribution in [1.82, 2.24) is 4.31 Å². The first-order chi connectivity index (χ1) is 9.40. The van der Waals surface area contributed by atoms with Crippen molar-refractivity contribution in [1.29, 1.82) is 0 Å². The molecule has 20 heavy (non-hydrogen) atoms. The topological polar surface area (TPSA) is 110 Å². The Morgan fingerprint density at radius 2 is 2.15 bits per heavy atom. The number of methoxy groups -OCH3 is 1. The van der Waals surface area contributed by atoms with Gasteiger partial charge in [-0.2, -0.15) is 4.31 Å². The molecular weight excluding hydrogens is 284 g/mol. The SMILES string of the molecule is COc1ccc(S(=O)(=O)N2CC(CO)C2)cc1C(N)=O. The lowest BCUT2D eigenvalue weighted by Crippen LogP contribution is -2.51. The number of sulfonamides is 1. The fourth-order valence-corrected chi connectivity index (χ4v) is 3.64. The van der Waals surface area contributed by atoms with Crippen LogP contribution in [0.25, 0.3) is 0 Å². The quantitative estimate of drug-likeness (QED) is 0.755. The van der Waals surface area contributed by atoms with Crippen LogP contribution in [0.1, 0.15) is 10.4 Å². The molecule has 2 rings (SSSR count). The molecule has 1 aliphatic heterocycles. The van der Waals surface area contributed by atoms with Gasteiger partial charge >= 0.3 is 0 Å². The van der Waals surface area contributed by atoms with Crippen molar-refractivity contribution in [3.63, 3.8) is 0 Å². The van der Waals surface area contributed by atoms with Crippen LogP contribution in [0.4, 0.5) is 0 Å². The highest BCUT2D eigenvalue weighted by atomic mass is 32.2. The van der Waals surface area contributed by atoms with Gasteiger partial charge in [0.1, 0.15) is 5.75 Å². The summed E-state index contributed by atoms with van der Waals surface area (Å²) in [5.41, 5.74) is 5.23. The number of nitrogens with zero attached hydrogens (tertiary/aromatic N) is 1. The molecule has 7 nitrogen and oxygen atoms in total. The van der Waals surface area contributed by atoms with Crippen LogP contribution in [0.2, 0.25) is 0 Å². The number of rotatable bonds is 5. The average molecular weight is 300 g/mol. The third-order valence-corrected chi connectivity index (χ3v) is 5.08. The van der Waals surface area contributed by atoms with E-state index in [1.54, 1.807) is 0 Å². The van der Waals surface area contributed by atoms with E-state index < -0.39 is 15.9 Å². The Morgan fingerprint density at radius 1 is 1.50 bits per heavy atom. The number of aliphatic hydroxyl groups is 1. The zero-order valence-corrected chi connectivity index (χ0v) is 11.8. The van der Waals surface area contributed by atoms with Crippen LogP contribution in [-0.2, 0) is 10.0 Å². The van der Waals surface area contributed by atoms with Gasteiger partial charge in [-0.05, 0) is 18.2 Å². The van der Waals surface area contributed by atoms with E-state index >= 15 is 0 Å². The lowest BCUT2D eigenvalue weighted by atomic mass is 10.1. The minimum atomic E-state index is -3.67. The number of nitrogens with two attached hydrogens (primary N) is 1. The van der Waals surface area contributed by atoms with Crippen LogP contribution < -0.4 is 10.5 Å². The van der Waals surface area contributed by atoms with E-state index in [1.165, 1.54) is 29.6 Å². The van der Waals surface area contributed by atoms with Crippen molar-refractivity contribution in [3.05, 3.63) is 23.8 Å². The molecule has 8 heteroatoms. The maximum atomic E-state index is 12.3. The van der Waals surface area contributed by atoms with Crippen LogP contribution in [0.5, 0.6) is 5.75 Å². The fraction of sp³-hybridized carbons (Fsp3) is 0.417. The van der Waals surface area contributed by atoms with Gasteiger partial charge in [0, 0.05) is 25.6 Å². The molecule has 0 saturated carbocycles. The number of hydrogen-bond donors (Lipinski definition) is 2. The van der Waals surface area contributed by atoms with Crippen LogP contribution in [0.3, 0.4) is 0 Å². The summed E-state index contributed by atoms with van der Waals surface area (Å²) in [4.78, 5) is 11.3. The van der Waals surface area contributed by atoms with E-state index in [0.29, 0.717) is 0 Å². The summed E-state index contributed by atoms with van der Waals surface area (Å²) in [6, 6.07) is 3.98.